The number of para-hydroxylation sites is 2. The lowest BCUT2D eigenvalue weighted by Gasteiger charge is -2.14. The molecule has 3 aromatic carbocycles. The molecule has 0 aliphatic heterocycles. The lowest BCUT2D eigenvalue weighted by Crippen LogP contribution is -2.25. The monoisotopic (exact) mass is 529 g/mol. The van der Waals surface area contributed by atoms with Gasteiger partial charge in [-0.25, -0.2) is 4.39 Å². The fourth-order valence-corrected chi connectivity index (χ4v) is 4.17. The first kappa shape index (κ1) is 25.9. The van der Waals surface area contributed by atoms with Crippen LogP contribution in [0.15, 0.2) is 84.0 Å². The molecule has 2 amide bonds. The highest BCUT2D eigenvalue weighted by Gasteiger charge is 2.33. The zero-order chi connectivity index (χ0) is 26.4. The van der Waals surface area contributed by atoms with Crippen molar-refractivity contribution < 1.29 is 27.2 Å². The Bertz CT molecular complexity index is 1410. The van der Waals surface area contributed by atoms with Crippen LogP contribution in [-0.2, 0) is 17.5 Å². The summed E-state index contributed by atoms with van der Waals surface area (Å²) in [5.41, 5.74) is -0.790. The quantitative estimate of drug-likeness (QED) is 0.245. The van der Waals surface area contributed by atoms with E-state index in [9.17, 15) is 27.2 Å². The first-order valence-corrected chi connectivity index (χ1v) is 11.8. The van der Waals surface area contributed by atoms with E-state index in [1.807, 2.05) is 0 Å². The van der Waals surface area contributed by atoms with Gasteiger partial charge in [-0.15, -0.1) is 10.2 Å². The van der Waals surface area contributed by atoms with Crippen molar-refractivity contribution in [3.63, 3.8) is 0 Å². The van der Waals surface area contributed by atoms with Crippen LogP contribution in [0.1, 0.15) is 21.7 Å². The molecular formula is C25H19F4N5O2S. The van der Waals surface area contributed by atoms with Crippen molar-refractivity contribution >= 4 is 29.3 Å². The van der Waals surface area contributed by atoms with Crippen LogP contribution in [0.5, 0.6) is 0 Å². The van der Waals surface area contributed by atoms with Gasteiger partial charge in [0, 0.05) is 5.69 Å². The number of nitrogens with one attached hydrogen (secondary N) is 2. The Morgan fingerprint density at radius 1 is 0.892 bits per heavy atom. The second kappa shape index (κ2) is 11.2. The van der Waals surface area contributed by atoms with Crippen molar-refractivity contribution in [1.82, 2.24) is 20.1 Å². The first-order chi connectivity index (χ1) is 17.7. The summed E-state index contributed by atoms with van der Waals surface area (Å²) in [7, 11) is 0. The zero-order valence-corrected chi connectivity index (χ0v) is 19.8. The molecular weight excluding hydrogens is 510 g/mol. The molecule has 1 aromatic heterocycles. The molecule has 0 aliphatic carbocycles. The van der Waals surface area contributed by atoms with E-state index < -0.39 is 29.4 Å². The van der Waals surface area contributed by atoms with E-state index in [-0.39, 0.29) is 28.7 Å². The van der Waals surface area contributed by atoms with E-state index in [1.165, 1.54) is 42.5 Å². The van der Waals surface area contributed by atoms with Crippen LogP contribution in [0.3, 0.4) is 0 Å². The van der Waals surface area contributed by atoms with Crippen LogP contribution in [0, 0.1) is 5.82 Å². The Hall–Kier alpha value is -4.19. The maximum absolute atomic E-state index is 13.9. The van der Waals surface area contributed by atoms with Crippen molar-refractivity contribution in [2.75, 3.05) is 11.1 Å². The Morgan fingerprint density at radius 3 is 2.30 bits per heavy atom. The van der Waals surface area contributed by atoms with Crippen LogP contribution in [0.2, 0.25) is 0 Å². The molecule has 2 N–H and O–H groups in total. The van der Waals surface area contributed by atoms with Crippen LogP contribution in [0.4, 0.5) is 23.2 Å². The molecule has 0 aliphatic rings. The summed E-state index contributed by atoms with van der Waals surface area (Å²) in [5, 5.41) is 13.3. The maximum Gasteiger partial charge on any atom is 0.418 e. The Labute approximate surface area is 212 Å². The van der Waals surface area contributed by atoms with E-state index in [0.717, 1.165) is 17.8 Å². The minimum absolute atomic E-state index is 0.0965. The van der Waals surface area contributed by atoms with E-state index in [2.05, 4.69) is 20.8 Å². The van der Waals surface area contributed by atoms with Gasteiger partial charge in [-0.3, -0.25) is 14.2 Å². The fraction of sp³-hybridized carbons (Fsp3) is 0.120. The number of hydrogen-bond acceptors (Lipinski definition) is 5. The number of amides is 2. The Kier molecular flexibility index (Phi) is 7.87. The molecule has 0 bridgehead atoms. The van der Waals surface area contributed by atoms with Crippen molar-refractivity contribution in [2.24, 2.45) is 0 Å². The van der Waals surface area contributed by atoms with Gasteiger partial charge in [-0.1, -0.05) is 54.2 Å². The molecule has 37 heavy (non-hydrogen) atoms. The van der Waals surface area contributed by atoms with Gasteiger partial charge in [0.1, 0.15) is 5.82 Å². The molecule has 190 valence electrons. The number of alkyl halides is 3. The lowest BCUT2D eigenvalue weighted by atomic mass is 10.1. The fourth-order valence-electron chi connectivity index (χ4n) is 3.40. The van der Waals surface area contributed by atoms with Gasteiger partial charge in [-0.05, 0) is 36.4 Å². The average Bonchev–Trinajstić information content (AvgIpc) is 3.29. The number of aromatic nitrogens is 3. The molecule has 12 heteroatoms. The minimum atomic E-state index is -4.62. The normalized spacial score (nSPS) is 11.2. The Balaban J connectivity index is 1.50. The second-order valence-electron chi connectivity index (χ2n) is 7.61. The molecule has 0 atom stereocenters. The van der Waals surface area contributed by atoms with E-state index in [1.54, 1.807) is 34.9 Å². The van der Waals surface area contributed by atoms with Gasteiger partial charge in [0.05, 0.1) is 29.1 Å². The van der Waals surface area contributed by atoms with Crippen molar-refractivity contribution in [3.05, 3.63) is 102 Å². The van der Waals surface area contributed by atoms with E-state index in [4.69, 9.17) is 0 Å². The number of benzene rings is 3. The Morgan fingerprint density at radius 2 is 1.57 bits per heavy atom. The van der Waals surface area contributed by atoms with Crippen LogP contribution in [0.25, 0.3) is 5.69 Å². The zero-order valence-electron chi connectivity index (χ0n) is 19.0. The summed E-state index contributed by atoms with van der Waals surface area (Å²) in [6, 6.07) is 19.1. The van der Waals surface area contributed by atoms with Crippen LogP contribution < -0.4 is 10.6 Å². The van der Waals surface area contributed by atoms with Gasteiger partial charge < -0.3 is 10.6 Å². The lowest BCUT2D eigenvalue weighted by molar-refractivity contribution is -0.137. The van der Waals surface area contributed by atoms with Gasteiger partial charge in [0.15, 0.2) is 11.0 Å². The number of thioether (sulfide) groups is 1. The molecule has 4 rings (SSSR count). The number of halogens is 4. The molecule has 7 nitrogen and oxygen atoms in total. The number of nitrogens with zero attached hydrogens (tertiary/aromatic N) is 3. The predicted molar refractivity (Wildman–Crippen MR) is 130 cm³/mol. The average molecular weight is 530 g/mol. The van der Waals surface area contributed by atoms with Crippen LogP contribution in [-0.4, -0.2) is 32.3 Å². The van der Waals surface area contributed by atoms with Crippen LogP contribution >= 0.6 is 11.8 Å². The van der Waals surface area contributed by atoms with Crippen molar-refractivity contribution in [2.45, 2.75) is 17.9 Å². The highest BCUT2D eigenvalue weighted by molar-refractivity contribution is 7.99. The molecule has 0 unspecified atom stereocenters. The number of anilines is 1. The van der Waals surface area contributed by atoms with E-state index in [0.29, 0.717) is 11.5 Å². The summed E-state index contributed by atoms with van der Waals surface area (Å²) in [6.07, 6.45) is -4.62. The molecule has 0 saturated heterocycles. The SMILES string of the molecule is O=C(CSc1nnc(CNC(=O)c2ccccc2F)n1-c1ccccc1)Nc1ccccc1C(F)(F)F. The smallest absolute Gasteiger partial charge is 0.345 e. The predicted octanol–water partition coefficient (Wildman–Crippen LogP) is 5.09. The minimum Gasteiger partial charge on any atom is -0.345 e. The highest BCUT2D eigenvalue weighted by atomic mass is 32.2. The third-order valence-corrected chi connectivity index (χ3v) is 6.01. The molecule has 1 heterocycles. The van der Waals surface area contributed by atoms with Gasteiger partial charge >= 0.3 is 6.18 Å². The van der Waals surface area contributed by atoms with Gasteiger partial charge in [-0.2, -0.15) is 13.2 Å². The summed E-state index contributed by atoms with van der Waals surface area (Å²) >= 11 is 0.960. The second-order valence-corrected chi connectivity index (χ2v) is 8.55. The first-order valence-electron chi connectivity index (χ1n) is 10.9. The molecule has 0 saturated carbocycles. The molecule has 0 fully saturated rings. The molecule has 0 spiro atoms. The third kappa shape index (κ3) is 6.33. The van der Waals surface area contributed by atoms with E-state index >= 15 is 0 Å². The molecule has 0 radical (unpaired) electrons. The maximum atomic E-state index is 13.9. The summed E-state index contributed by atoms with van der Waals surface area (Å²) < 4.78 is 55.2. The van der Waals surface area contributed by atoms with Gasteiger partial charge in [0.25, 0.3) is 5.91 Å². The van der Waals surface area contributed by atoms with Crippen molar-refractivity contribution in [1.29, 1.82) is 0 Å². The standard InChI is InChI=1S/C25H19F4N5O2S/c26-19-12-6-4-10-17(19)23(36)30-14-21-32-33-24(34(21)16-8-2-1-3-9-16)37-15-22(35)31-20-13-7-5-11-18(20)25(27,28)29/h1-13H,14-15H2,(H,30,36)(H,31,35). The number of rotatable bonds is 8. The number of hydrogen-bond donors (Lipinski definition) is 2. The number of carbonyl (C=O) groups excluding carboxylic acids is 2. The summed E-state index contributed by atoms with van der Waals surface area (Å²) in [5.74, 6) is -1.92. The summed E-state index contributed by atoms with van der Waals surface area (Å²) in [6.45, 7) is -0.0965. The summed E-state index contributed by atoms with van der Waals surface area (Å²) in [4.78, 5) is 24.9. The topological polar surface area (TPSA) is 88.9 Å². The molecule has 4 aromatic rings. The van der Waals surface area contributed by atoms with Crippen molar-refractivity contribution in [3.8, 4) is 5.69 Å². The largest absolute Gasteiger partial charge is 0.418 e. The van der Waals surface area contributed by atoms with Gasteiger partial charge in [0.2, 0.25) is 5.91 Å². The highest BCUT2D eigenvalue weighted by Crippen LogP contribution is 2.34. The number of carbonyl (C=O) groups is 2. The third-order valence-electron chi connectivity index (χ3n) is 5.08.